The van der Waals surface area contributed by atoms with E-state index in [0.717, 1.165) is 6.34 Å². The van der Waals surface area contributed by atoms with Gasteiger partial charge in [-0.25, -0.2) is 9.67 Å². The van der Waals surface area contributed by atoms with Gasteiger partial charge < -0.3 is 9.64 Å². The topological polar surface area (TPSA) is 66.4 Å². The molecule has 0 unspecified atom stereocenters. The van der Waals surface area contributed by atoms with Crippen LogP contribution in [0.25, 0.3) is 11.3 Å². The van der Waals surface area contributed by atoms with Gasteiger partial charge in [0.05, 0.1) is 21.9 Å². The Morgan fingerprint density at radius 1 is 1.15 bits per heavy atom. The molecule has 0 fully saturated rings. The van der Waals surface area contributed by atoms with E-state index in [0.29, 0.717) is 16.8 Å². The molecule has 6 nitrogen and oxygen atoms in total. The molecule has 0 amide bonds. The second-order valence-electron chi connectivity index (χ2n) is 6.20. The van der Waals surface area contributed by atoms with Gasteiger partial charge in [0.2, 0.25) is 0 Å². The molecule has 0 bridgehead atoms. The summed E-state index contributed by atoms with van der Waals surface area (Å²) in [5, 5.41) is 11.5. The van der Waals surface area contributed by atoms with E-state index in [2.05, 4.69) is 14.8 Å². The van der Waals surface area contributed by atoms with Crippen LogP contribution in [0.1, 0.15) is 11.3 Å². The quantitative estimate of drug-likeness (QED) is 0.261. The lowest BCUT2D eigenvalue weighted by atomic mass is 10.1. The minimum Gasteiger partial charge on any atom is -0.406 e. The molecule has 0 spiro atoms. The van der Waals surface area contributed by atoms with E-state index in [4.69, 9.17) is 23.2 Å². The summed E-state index contributed by atoms with van der Waals surface area (Å²) >= 11 is 11.9. The van der Waals surface area contributed by atoms with Crippen molar-refractivity contribution in [3.8, 4) is 17.5 Å². The maximum atomic E-state index is 13.4. The number of nitriles is 1. The van der Waals surface area contributed by atoms with Crippen LogP contribution in [0, 0.1) is 11.3 Å². The highest BCUT2D eigenvalue weighted by Gasteiger charge is 2.44. The number of halogens is 10. The van der Waals surface area contributed by atoms with Crippen LogP contribution in [0.2, 0.25) is 10.0 Å². The average molecular weight is 522 g/mol. The van der Waals surface area contributed by atoms with Crippen LogP contribution in [-0.4, -0.2) is 47.7 Å². The summed E-state index contributed by atoms with van der Waals surface area (Å²) in [5.74, 6) is -1.81. The highest BCUT2D eigenvalue weighted by Crippen LogP contribution is 2.45. The van der Waals surface area contributed by atoms with Crippen molar-refractivity contribution >= 4 is 40.9 Å². The van der Waals surface area contributed by atoms with Gasteiger partial charge in [-0.15, -0.1) is 13.2 Å². The molecular weight excluding hydrogens is 513 g/mol. The molecule has 1 aromatic carbocycles. The van der Waals surface area contributed by atoms with Crippen molar-refractivity contribution < 1.29 is 39.9 Å². The van der Waals surface area contributed by atoms with E-state index in [-0.39, 0.29) is 0 Å². The largest absolute Gasteiger partial charge is 0.573 e. The van der Waals surface area contributed by atoms with Crippen LogP contribution in [0.4, 0.5) is 40.9 Å². The molecule has 0 aliphatic heterocycles. The first-order valence-corrected chi connectivity index (χ1v) is 8.94. The molecule has 178 valence electrons. The molecule has 0 saturated heterocycles. The van der Waals surface area contributed by atoms with Crippen LogP contribution in [0.3, 0.4) is 0 Å². The highest BCUT2D eigenvalue weighted by molar-refractivity contribution is 6.38. The van der Waals surface area contributed by atoms with Gasteiger partial charge in [-0.2, -0.15) is 32.3 Å². The Bertz CT molecular complexity index is 1130. The smallest absolute Gasteiger partial charge is 0.406 e. The number of benzene rings is 1. The van der Waals surface area contributed by atoms with Gasteiger partial charge in [0, 0.05) is 26.2 Å². The fraction of sp³-hybridized carbons (Fsp3) is 0.235. The molecule has 33 heavy (non-hydrogen) atoms. The van der Waals surface area contributed by atoms with E-state index in [1.165, 1.54) is 25.1 Å². The molecule has 0 aliphatic rings. The summed E-state index contributed by atoms with van der Waals surface area (Å²) in [6.07, 6.45) is -13.0. The van der Waals surface area contributed by atoms with Crippen molar-refractivity contribution in [2.45, 2.75) is 12.5 Å². The second-order valence-corrected chi connectivity index (χ2v) is 7.01. The number of aliphatic imine (C=N–C) groups is 1. The lowest BCUT2D eigenvalue weighted by molar-refractivity contribution is -0.274. The van der Waals surface area contributed by atoms with Gasteiger partial charge >= 0.3 is 12.5 Å². The van der Waals surface area contributed by atoms with Gasteiger partial charge in [-0.1, -0.05) is 23.2 Å². The average Bonchev–Trinajstić information content (AvgIpc) is 2.94. The molecule has 0 N–H and O–H groups in total. The molecule has 1 aromatic heterocycles. The summed E-state index contributed by atoms with van der Waals surface area (Å²) in [6, 6.07) is 2.48. The molecule has 2 aromatic rings. The fourth-order valence-corrected chi connectivity index (χ4v) is 3.07. The number of nitrogens with zero attached hydrogens (tertiary/aromatic N) is 5. The number of ether oxygens (including phenoxy) is 1. The number of hydrogen-bond acceptors (Lipinski definition) is 4. The first kappa shape index (κ1) is 26.2. The van der Waals surface area contributed by atoms with Gasteiger partial charge in [0.15, 0.2) is 11.5 Å². The fourth-order valence-electron chi connectivity index (χ4n) is 2.44. The zero-order valence-electron chi connectivity index (χ0n) is 16.2. The maximum absolute atomic E-state index is 13.4. The summed E-state index contributed by atoms with van der Waals surface area (Å²) in [5.41, 5.74) is -5.53. The Labute approximate surface area is 189 Å². The number of aromatic nitrogens is 2. The van der Waals surface area contributed by atoms with Gasteiger partial charge in [0.25, 0.3) is 6.08 Å². The van der Waals surface area contributed by atoms with E-state index in [9.17, 15) is 40.4 Å². The summed E-state index contributed by atoms with van der Waals surface area (Å²) in [4.78, 5) is 4.91. The lowest BCUT2D eigenvalue weighted by Gasteiger charge is -2.15. The van der Waals surface area contributed by atoms with Crippen LogP contribution < -0.4 is 4.74 Å². The summed E-state index contributed by atoms with van der Waals surface area (Å²) in [7, 11) is 2.79. The molecule has 0 radical (unpaired) electrons. The van der Waals surface area contributed by atoms with Gasteiger partial charge in [0.1, 0.15) is 23.1 Å². The minimum atomic E-state index is -5.63. The van der Waals surface area contributed by atoms with Crippen LogP contribution in [-0.2, 0) is 0 Å². The molecule has 0 aliphatic carbocycles. The third kappa shape index (κ3) is 6.05. The van der Waals surface area contributed by atoms with Gasteiger partial charge in [-0.3, -0.25) is 0 Å². The zero-order valence-corrected chi connectivity index (χ0v) is 17.7. The monoisotopic (exact) mass is 521 g/mol. The van der Waals surface area contributed by atoms with Crippen LogP contribution in [0.5, 0.6) is 5.75 Å². The Hall–Kier alpha value is -3.05. The number of rotatable bonds is 5. The SMILES string of the molecule is CN(C)/C=N\c1c(C(=C(F)F)C(F)(F)F)c(C#N)nn1-c1c(Cl)cc(OC(F)(F)F)cc1Cl. The van der Waals surface area contributed by atoms with E-state index in [1.807, 2.05) is 0 Å². The zero-order chi connectivity index (χ0) is 25.3. The Morgan fingerprint density at radius 3 is 2.09 bits per heavy atom. The Kier molecular flexibility index (Phi) is 7.49. The number of hydrogen-bond donors (Lipinski definition) is 0. The molecule has 0 saturated carbocycles. The maximum Gasteiger partial charge on any atom is 0.573 e. The molecule has 16 heteroatoms. The third-order valence-corrected chi connectivity index (χ3v) is 4.11. The Morgan fingerprint density at radius 2 is 1.70 bits per heavy atom. The van der Waals surface area contributed by atoms with Crippen molar-refractivity contribution in [2.75, 3.05) is 14.1 Å². The first-order valence-electron chi connectivity index (χ1n) is 8.18. The second kappa shape index (κ2) is 9.44. The minimum absolute atomic E-state index is 0.435. The van der Waals surface area contributed by atoms with Crippen LogP contribution >= 0.6 is 23.2 Å². The van der Waals surface area contributed by atoms with Crippen molar-refractivity contribution in [3.63, 3.8) is 0 Å². The number of alkyl halides is 6. The first-order chi connectivity index (χ1) is 15.1. The van der Waals surface area contributed by atoms with Crippen molar-refractivity contribution in [1.82, 2.24) is 14.7 Å². The molecule has 2 rings (SSSR count). The standard InChI is InChI=1S/C17H9Cl2F8N5O/c1-31(2)6-29-15-11(12(14(20)21)16(22,23)24)10(5-28)30-32(15)13-8(18)3-7(4-9(13)19)33-17(25,26)27/h3-4,6H,1-2H3/b29-6-. The van der Waals surface area contributed by atoms with E-state index in [1.54, 1.807) is 0 Å². The van der Waals surface area contributed by atoms with Crippen LogP contribution in [0.15, 0.2) is 23.2 Å². The van der Waals surface area contributed by atoms with Gasteiger partial charge in [-0.05, 0) is 0 Å². The van der Waals surface area contributed by atoms with Crippen molar-refractivity contribution in [3.05, 3.63) is 39.5 Å². The molecule has 0 atom stereocenters. The third-order valence-electron chi connectivity index (χ3n) is 3.54. The molecular formula is C17H9Cl2F8N5O. The molecule has 1 heterocycles. The number of allylic oxidation sites excluding steroid dienone is 1. The van der Waals surface area contributed by atoms with E-state index >= 15 is 0 Å². The van der Waals surface area contributed by atoms with Crippen molar-refractivity contribution in [2.24, 2.45) is 4.99 Å². The van der Waals surface area contributed by atoms with Crippen molar-refractivity contribution in [1.29, 1.82) is 5.26 Å². The van der Waals surface area contributed by atoms with E-state index < -0.39 is 62.7 Å². The summed E-state index contributed by atoms with van der Waals surface area (Å²) < 4.78 is 108. The highest BCUT2D eigenvalue weighted by atomic mass is 35.5. The predicted molar refractivity (Wildman–Crippen MR) is 102 cm³/mol. The Balaban J connectivity index is 2.93. The lowest BCUT2D eigenvalue weighted by Crippen LogP contribution is -2.17. The normalized spacial score (nSPS) is 12.1. The predicted octanol–water partition coefficient (Wildman–Crippen LogP) is 6.34. The summed E-state index contributed by atoms with van der Waals surface area (Å²) in [6.45, 7) is 0.